The van der Waals surface area contributed by atoms with Crippen LogP contribution in [0.3, 0.4) is 0 Å². The van der Waals surface area contributed by atoms with Crippen LogP contribution in [0.1, 0.15) is 40.1 Å². The zero-order valence-corrected chi connectivity index (χ0v) is 17.4. The van der Waals surface area contributed by atoms with E-state index < -0.39 is 15.9 Å². The van der Waals surface area contributed by atoms with Gasteiger partial charge in [0, 0.05) is 18.7 Å². The van der Waals surface area contributed by atoms with Crippen LogP contribution in [0.5, 0.6) is 0 Å². The molecule has 0 aliphatic heterocycles. The Labute approximate surface area is 165 Å². The van der Waals surface area contributed by atoms with E-state index in [9.17, 15) is 18.0 Å². The van der Waals surface area contributed by atoms with Crippen molar-refractivity contribution in [1.82, 2.24) is 5.32 Å². The molecule has 150 valence electrons. The van der Waals surface area contributed by atoms with E-state index in [0.717, 1.165) is 16.1 Å². The molecule has 0 bridgehead atoms. The Morgan fingerprint density at radius 1 is 1.04 bits per heavy atom. The molecular formula is C20H25N3O4S. The van der Waals surface area contributed by atoms with Crippen LogP contribution >= 0.6 is 0 Å². The Kier molecular flexibility index (Phi) is 6.45. The first-order valence-electron chi connectivity index (χ1n) is 8.76. The van der Waals surface area contributed by atoms with Crippen molar-refractivity contribution in [2.45, 2.75) is 26.8 Å². The normalized spacial score (nSPS) is 11.2. The average molecular weight is 404 g/mol. The van der Waals surface area contributed by atoms with E-state index >= 15 is 0 Å². The number of rotatable bonds is 6. The second-order valence-electron chi connectivity index (χ2n) is 6.86. The first kappa shape index (κ1) is 21.4. The molecule has 2 N–H and O–H groups in total. The summed E-state index contributed by atoms with van der Waals surface area (Å²) < 4.78 is 24.8. The summed E-state index contributed by atoms with van der Waals surface area (Å²) in [5, 5.41) is 5.53. The van der Waals surface area contributed by atoms with Gasteiger partial charge in [-0.15, -0.1) is 0 Å². The Morgan fingerprint density at radius 3 is 2.29 bits per heavy atom. The Morgan fingerprint density at radius 2 is 1.68 bits per heavy atom. The van der Waals surface area contributed by atoms with Crippen LogP contribution in [-0.4, -0.2) is 39.6 Å². The first-order valence-corrected chi connectivity index (χ1v) is 10.6. The van der Waals surface area contributed by atoms with Crippen LogP contribution in [0.15, 0.2) is 42.5 Å². The molecule has 0 unspecified atom stereocenters. The number of carbonyl (C=O) groups excluding carboxylic acids is 2. The predicted molar refractivity (Wildman–Crippen MR) is 111 cm³/mol. The van der Waals surface area contributed by atoms with Crippen LogP contribution < -0.4 is 14.9 Å². The summed E-state index contributed by atoms with van der Waals surface area (Å²) >= 11 is 0. The number of aryl methyl sites for hydroxylation is 1. The van der Waals surface area contributed by atoms with Gasteiger partial charge in [0.05, 0.1) is 23.2 Å². The minimum atomic E-state index is -3.46. The fourth-order valence-electron chi connectivity index (χ4n) is 2.59. The van der Waals surface area contributed by atoms with Gasteiger partial charge in [-0.2, -0.15) is 0 Å². The number of benzene rings is 2. The van der Waals surface area contributed by atoms with Gasteiger partial charge < -0.3 is 10.6 Å². The maximum Gasteiger partial charge on any atom is 0.255 e. The molecule has 0 atom stereocenters. The van der Waals surface area contributed by atoms with Crippen LogP contribution in [0.4, 0.5) is 11.4 Å². The highest BCUT2D eigenvalue weighted by Gasteiger charge is 2.18. The molecule has 0 saturated carbocycles. The molecule has 7 nitrogen and oxygen atoms in total. The van der Waals surface area contributed by atoms with Crippen LogP contribution in [-0.2, 0) is 10.0 Å². The van der Waals surface area contributed by atoms with Crippen molar-refractivity contribution in [1.29, 1.82) is 0 Å². The minimum absolute atomic E-state index is 0.0394. The van der Waals surface area contributed by atoms with Crippen LogP contribution in [0.2, 0.25) is 0 Å². The monoisotopic (exact) mass is 403 g/mol. The van der Waals surface area contributed by atoms with Gasteiger partial charge in [-0.3, -0.25) is 13.9 Å². The topological polar surface area (TPSA) is 95.6 Å². The van der Waals surface area contributed by atoms with Crippen molar-refractivity contribution in [3.63, 3.8) is 0 Å². The lowest BCUT2D eigenvalue weighted by Gasteiger charge is -2.20. The van der Waals surface area contributed by atoms with Gasteiger partial charge in [0.2, 0.25) is 10.0 Å². The molecule has 2 aromatic carbocycles. The van der Waals surface area contributed by atoms with Crippen LogP contribution in [0, 0.1) is 6.92 Å². The molecule has 2 amide bonds. The predicted octanol–water partition coefficient (Wildman–Crippen LogP) is 2.78. The lowest BCUT2D eigenvalue weighted by atomic mass is 10.1. The largest absolute Gasteiger partial charge is 0.350 e. The number of hydrogen-bond acceptors (Lipinski definition) is 4. The van der Waals surface area contributed by atoms with Gasteiger partial charge in [-0.1, -0.05) is 18.2 Å². The third-order valence-corrected chi connectivity index (χ3v) is 5.34. The van der Waals surface area contributed by atoms with Gasteiger partial charge in [0.1, 0.15) is 0 Å². The standard InChI is InChI=1S/C20H25N3O4S/c1-13(2)21-20(25)16-8-6-7-9-17(16)22-19(24)15-11-10-14(3)18(12-15)23(4)28(5,26)27/h6-13H,1-5H3,(H,21,25)(H,22,24). The highest BCUT2D eigenvalue weighted by molar-refractivity contribution is 7.92. The average Bonchev–Trinajstić information content (AvgIpc) is 2.60. The number of anilines is 2. The molecule has 0 spiro atoms. The number of sulfonamides is 1. The van der Waals surface area contributed by atoms with Crippen molar-refractivity contribution in [3.05, 3.63) is 59.2 Å². The fourth-order valence-corrected chi connectivity index (χ4v) is 3.15. The Bertz CT molecular complexity index is 1000. The van der Waals surface area contributed by atoms with E-state index in [1.807, 2.05) is 13.8 Å². The Balaban J connectivity index is 2.33. The highest BCUT2D eigenvalue weighted by atomic mass is 32.2. The quantitative estimate of drug-likeness (QED) is 0.775. The summed E-state index contributed by atoms with van der Waals surface area (Å²) in [6.45, 7) is 5.47. The summed E-state index contributed by atoms with van der Waals surface area (Å²) in [5.41, 5.74) is 2.16. The summed E-state index contributed by atoms with van der Waals surface area (Å²) in [4.78, 5) is 25.1. The fraction of sp³-hybridized carbons (Fsp3) is 0.300. The molecule has 8 heteroatoms. The van der Waals surface area contributed by atoms with Gasteiger partial charge in [-0.05, 0) is 50.6 Å². The molecule has 0 fully saturated rings. The number of para-hydroxylation sites is 1. The second-order valence-corrected chi connectivity index (χ2v) is 8.87. The lowest BCUT2D eigenvalue weighted by molar-refractivity contribution is 0.0944. The zero-order valence-electron chi connectivity index (χ0n) is 16.6. The van der Waals surface area contributed by atoms with E-state index in [2.05, 4.69) is 10.6 Å². The molecular weight excluding hydrogens is 378 g/mol. The van der Waals surface area contributed by atoms with Crippen molar-refractivity contribution < 1.29 is 18.0 Å². The molecule has 0 heterocycles. The van der Waals surface area contributed by atoms with Crippen molar-refractivity contribution in [2.24, 2.45) is 0 Å². The third kappa shape index (κ3) is 5.10. The maximum atomic E-state index is 12.7. The van der Waals surface area contributed by atoms with E-state index in [-0.39, 0.29) is 17.5 Å². The smallest absolute Gasteiger partial charge is 0.255 e. The number of nitrogens with one attached hydrogen (secondary N) is 2. The molecule has 0 aliphatic rings. The second kappa shape index (κ2) is 8.43. The molecule has 2 aromatic rings. The molecule has 28 heavy (non-hydrogen) atoms. The summed E-state index contributed by atoms with van der Waals surface area (Å²) in [6.07, 6.45) is 1.10. The lowest BCUT2D eigenvalue weighted by Crippen LogP contribution is -2.31. The van der Waals surface area contributed by atoms with E-state index in [1.54, 1.807) is 43.3 Å². The summed E-state index contributed by atoms with van der Waals surface area (Å²) in [5.74, 6) is -0.722. The van der Waals surface area contributed by atoms with Crippen molar-refractivity contribution in [3.8, 4) is 0 Å². The summed E-state index contributed by atoms with van der Waals surface area (Å²) in [7, 11) is -2.03. The minimum Gasteiger partial charge on any atom is -0.350 e. The number of amides is 2. The van der Waals surface area contributed by atoms with E-state index in [0.29, 0.717) is 16.9 Å². The number of hydrogen-bond donors (Lipinski definition) is 2. The summed E-state index contributed by atoms with van der Waals surface area (Å²) in [6, 6.07) is 11.5. The molecule has 0 aromatic heterocycles. The molecule has 0 saturated heterocycles. The highest BCUT2D eigenvalue weighted by Crippen LogP contribution is 2.24. The first-order chi connectivity index (χ1) is 13.0. The van der Waals surface area contributed by atoms with Crippen LogP contribution in [0.25, 0.3) is 0 Å². The zero-order chi connectivity index (χ0) is 21.1. The molecule has 0 aliphatic carbocycles. The van der Waals surface area contributed by atoms with Gasteiger partial charge >= 0.3 is 0 Å². The molecule has 2 rings (SSSR count). The van der Waals surface area contributed by atoms with Crippen molar-refractivity contribution >= 4 is 33.2 Å². The number of nitrogens with zero attached hydrogens (tertiary/aromatic N) is 1. The molecule has 0 radical (unpaired) electrons. The van der Waals surface area contributed by atoms with Crippen molar-refractivity contribution in [2.75, 3.05) is 22.9 Å². The van der Waals surface area contributed by atoms with Gasteiger partial charge in [0.25, 0.3) is 11.8 Å². The van der Waals surface area contributed by atoms with Gasteiger partial charge in [0.15, 0.2) is 0 Å². The number of carbonyl (C=O) groups is 2. The SMILES string of the molecule is Cc1ccc(C(=O)Nc2ccccc2C(=O)NC(C)C)cc1N(C)S(C)(=O)=O. The Hall–Kier alpha value is -2.87. The van der Waals surface area contributed by atoms with E-state index in [4.69, 9.17) is 0 Å². The van der Waals surface area contributed by atoms with Gasteiger partial charge in [-0.25, -0.2) is 8.42 Å². The maximum absolute atomic E-state index is 12.7. The third-order valence-electron chi connectivity index (χ3n) is 4.15. The van der Waals surface area contributed by atoms with E-state index in [1.165, 1.54) is 13.1 Å².